The summed E-state index contributed by atoms with van der Waals surface area (Å²) in [5, 5.41) is 4.22. The largest absolute Gasteiger partial charge is 0.495 e. The number of anilines is 1. The van der Waals surface area contributed by atoms with E-state index in [2.05, 4.69) is 5.10 Å². The highest BCUT2D eigenvalue weighted by Gasteiger charge is 2.15. The molecule has 2 N–H and O–H groups in total. The molecule has 5 nitrogen and oxygen atoms in total. The number of methoxy groups -OCH3 is 1. The molecule has 1 heterocycles. The van der Waals surface area contributed by atoms with Gasteiger partial charge in [0.2, 0.25) is 0 Å². The Labute approximate surface area is 112 Å². The minimum Gasteiger partial charge on any atom is -0.495 e. The SMILES string of the molecule is COc1cccc(C(=O)Cc2cc(C)nn2C)c1N. The molecular weight excluding hydrogens is 242 g/mol. The number of hydrogen-bond acceptors (Lipinski definition) is 4. The summed E-state index contributed by atoms with van der Waals surface area (Å²) in [5.41, 5.74) is 8.55. The number of carbonyl (C=O) groups excluding carboxylic acids is 1. The van der Waals surface area contributed by atoms with Crippen molar-refractivity contribution in [1.29, 1.82) is 0 Å². The monoisotopic (exact) mass is 259 g/mol. The number of rotatable bonds is 4. The third-order valence-electron chi connectivity index (χ3n) is 3.03. The fourth-order valence-corrected chi connectivity index (χ4v) is 2.05. The number of para-hydroxylation sites is 1. The maximum Gasteiger partial charge on any atom is 0.171 e. The lowest BCUT2D eigenvalue weighted by molar-refractivity contribution is 0.0991. The number of benzene rings is 1. The highest BCUT2D eigenvalue weighted by atomic mass is 16.5. The van der Waals surface area contributed by atoms with Crippen LogP contribution in [0.4, 0.5) is 5.69 Å². The van der Waals surface area contributed by atoms with Crippen LogP contribution in [0, 0.1) is 6.92 Å². The zero-order chi connectivity index (χ0) is 14.0. The number of aromatic nitrogens is 2. The van der Waals surface area contributed by atoms with E-state index in [0.29, 0.717) is 17.0 Å². The maximum absolute atomic E-state index is 12.3. The molecule has 0 spiro atoms. The number of nitrogens with two attached hydrogens (primary N) is 1. The molecule has 0 amide bonds. The van der Waals surface area contributed by atoms with Crippen LogP contribution in [0.15, 0.2) is 24.3 Å². The second kappa shape index (κ2) is 5.14. The highest BCUT2D eigenvalue weighted by Crippen LogP contribution is 2.25. The number of carbonyl (C=O) groups is 1. The van der Waals surface area contributed by atoms with Crippen LogP contribution in [-0.2, 0) is 13.5 Å². The van der Waals surface area contributed by atoms with E-state index < -0.39 is 0 Å². The Bertz CT molecular complexity index is 617. The molecule has 2 aromatic rings. The van der Waals surface area contributed by atoms with E-state index in [0.717, 1.165) is 11.4 Å². The molecule has 0 atom stereocenters. The summed E-state index contributed by atoms with van der Waals surface area (Å²) in [6.07, 6.45) is 0.273. The van der Waals surface area contributed by atoms with E-state index >= 15 is 0 Å². The molecule has 100 valence electrons. The quantitative estimate of drug-likeness (QED) is 0.670. The van der Waals surface area contributed by atoms with Gasteiger partial charge in [-0.3, -0.25) is 9.48 Å². The summed E-state index contributed by atoms with van der Waals surface area (Å²) in [7, 11) is 3.36. The molecular formula is C14H17N3O2. The first kappa shape index (κ1) is 13.1. The fourth-order valence-electron chi connectivity index (χ4n) is 2.05. The Morgan fingerprint density at radius 2 is 2.21 bits per heavy atom. The summed E-state index contributed by atoms with van der Waals surface area (Å²) in [6, 6.07) is 7.11. The molecule has 0 aliphatic carbocycles. The summed E-state index contributed by atoms with van der Waals surface area (Å²) in [5.74, 6) is 0.478. The molecule has 0 unspecified atom stereocenters. The van der Waals surface area contributed by atoms with Gasteiger partial charge in [-0.25, -0.2) is 0 Å². The van der Waals surface area contributed by atoms with E-state index in [-0.39, 0.29) is 12.2 Å². The average Bonchev–Trinajstić information content (AvgIpc) is 2.68. The van der Waals surface area contributed by atoms with Crippen LogP contribution in [0.3, 0.4) is 0 Å². The van der Waals surface area contributed by atoms with Crippen LogP contribution in [-0.4, -0.2) is 22.7 Å². The lowest BCUT2D eigenvalue weighted by Crippen LogP contribution is -2.10. The maximum atomic E-state index is 12.3. The zero-order valence-corrected chi connectivity index (χ0v) is 11.3. The Morgan fingerprint density at radius 1 is 1.47 bits per heavy atom. The number of Topliss-reactive ketones (excluding diaryl/α,β-unsaturated/α-hetero) is 1. The topological polar surface area (TPSA) is 70.1 Å². The van der Waals surface area contributed by atoms with Crippen molar-refractivity contribution in [1.82, 2.24) is 9.78 Å². The van der Waals surface area contributed by atoms with Crippen molar-refractivity contribution < 1.29 is 9.53 Å². The number of nitrogens with zero attached hydrogens (tertiary/aromatic N) is 2. The predicted molar refractivity (Wildman–Crippen MR) is 73.4 cm³/mol. The Kier molecular flexibility index (Phi) is 3.55. The Balaban J connectivity index is 2.28. The van der Waals surface area contributed by atoms with Crippen molar-refractivity contribution in [3.63, 3.8) is 0 Å². The third-order valence-corrected chi connectivity index (χ3v) is 3.03. The molecule has 1 aromatic heterocycles. The first-order valence-corrected chi connectivity index (χ1v) is 5.98. The molecule has 0 saturated carbocycles. The third kappa shape index (κ3) is 2.59. The minimum absolute atomic E-state index is 0.0422. The van der Waals surface area contributed by atoms with Gasteiger partial charge in [-0.15, -0.1) is 0 Å². The lowest BCUT2D eigenvalue weighted by Gasteiger charge is -2.09. The van der Waals surface area contributed by atoms with E-state index in [1.807, 2.05) is 20.0 Å². The lowest BCUT2D eigenvalue weighted by atomic mass is 10.0. The van der Waals surface area contributed by atoms with Crippen molar-refractivity contribution in [2.75, 3.05) is 12.8 Å². The molecule has 0 radical (unpaired) electrons. The highest BCUT2D eigenvalue weighted by molar-refractivity contribution is 6.02. The van der Waals surface area contributed by atoms with Crippen LogP contribution < -0.4 is 10.5 Å². The standard InChI is InChI=1S/C14H17N3O2/c1-9-7-10(17(2)16-9)8-12(18)11-5-4-6-13(19-3)14(11)15/h4-7H,8,15H2,1-3H3. The van der Waals surface area contributed by atoms with E-state index in [4.69, 9.17) is 10.5 Å². The number of hydrogen-bond donors (Lipinski definition) is 1. The molecule has 0 aliphatic heterocycles. The van der Waals surface area contributed by atoms with Crippen molar-refractivity contribution >= 4 is 11.5 Å². The van der Waals surface area contributed by atoms with E-state index in [9.17, 15) is 4.79 Å². The van der Waals surface area contributed by atoms with Gasteiger partial charge in [0.05, 0.1) is 24.9 Å². The first-order valence-electron chi connectivity index (χ1n) is 5.98. The predicted octanol–water partition coefficient (Wildman–Crippen LogP) is 1.74. The molecule has 0 fully saturated rings. The van der Waals surface area contributed by atoms with Crippen molar-refractivity contribution in [2.45, 2.75) is 13.3 Å². The second-order valence-corrected chi connectivity index (χ2v) is 4.42. The van der Waals surface area contributed by atoms with Gasteiger partial charge < -0.3 is 10.5 Å². The Morgan fingerprint density at radius 3 is 2.79 bits per heavy atom. The van der Waals surface area contributed by atoms with Crippen molar-refractivity contribution in [3.05, 3.63) is 41.2 Å². The number of aryl methyl sites for hydroxylation is 2. The summed E-state index contributed by atoms with van der Waals surface area (Å²) in [4.78, 5) is 12.3. The average molecular weight is 259 g/mol. The molecule has 5 heteroatoms. The van der Waals surface area contributed by atoms with Gasteiger partial charge >= 0.3 is 0 Å². The zero-order valence-electron chi connectivity index (χ0n) is 11.3. The van der Waals surface area contributed by atoms with Crippen LogP contribution in [0.2, 0.25) is 0 Å². The molecule has 2 rings (SSSR count). The molecule has 0 saturated heterocycles. The number of ketones is 1. The van der Waals surface area contributed by atoms with Crippen LogP contribution in [0.5, 0.6) is 5.75 Å². The Hall–Kier alpha value is -2.30. The summed E-state index contributed by atoms with van der Waals surface area (Å²) in [6.45, 7) is 1.90. The van der Waals surface area contributed by atoms with Gasteiger partial charge in [-0.1, -0.05) is 6.07 Å². The van der Waals surface area contributed by atoms with Gasteiger partial charge in [0.25, 0.3) is 0 Å². The molecule has 19 heavy (non-hydrogen) atoms. The minimum atomic E-state index is -0.0422. The molecule has 0 aliphatic rings. The fraction of sp³-hybridized carbons (Fsp3) is 0.286. The first-order chi connectivity index (χ1) is 9.02. The van der Waals surface area contributed by atoms with Gasteiger partial charge in [0.15, 0.2) is 5.78 Å². The van der Waals surface area contributed by atoms with Crippen LogP contribution in [0.25, 0.3) is 0 Å². The van der Waals surface area contributed by atoms with Gasteiger partial charge in [-0.05, 0) is 25.1 Å². The number of ether oxygens (including phenoxy) is 1. The van der Waals surface area contributed by atoms with E-state index in [1.54, 1.807) is 22.9 Å². The van der Waals surface area contributed by atoms with Crippen molar-refractivity contribution in [3.8, 4) is 5.75 Å². The second-order valence-electron chi connectivity index (χ2n) is 4.42. The summed E-state index contributed by atoms with van der Waals surface area (Å²) < 4.78 is 6.83. The van der Waals surface area contributed by atoms with Gasteiger partial charge in [0.1, 0.15) is 5.75 Å². The summed E-state index contributed by atoms with van der Waals surface area (Å²) >= 11 is 0. The number of nitrogen functional groups attached to an aromatic ring is 1. The van der Waals surface area contributed by atoms with Gasteiger partial charge in [0, 0.05) is 18.3 Å². The van der Waals surface area contributed by atoms with E-state index in [1.165, 1.54) is 7.11 Å². The normalized spacial score (nSPS) is 10.5. The van der Waals surface area contributed by atoms with Gasteiger partial charge in [-0.2, -0.15) is 5.10 Å². The molecule has 0 bridgehead atoms. The van der Waals surface area contributed by atoms with Crippen LogP contribution >= 0.6 is 0 Å². The smallest absolute Gasteiger partial charge is 0.171 e. The molecule has 1 aromatic carbocycles. The van der Waals surface area contributed by atoms with Crippen LogP contribution in [0.1, 0.15) is 21.7 Å². The van der Waals surface area contributed by atoms with Crippen molar-refractivity contribution in [2.24, 2.45) is 7.05 Å².